The summed E-state index contributed by atoms with van der Waals surface area (Å²) in [5.41, 5.74) is 2.11. The van der Waals surface area contributed by atoms with Crippen molar-refractivity contribution in [3.8, 4) is 11.5 Å². The lowest BCUT2D eigenvalue weighted by atomic mass is 10.1. The third-order valence-electron chi connectivity index (χ3n) is 3.21. The van der Waals surface area contributed by atoms with Gasteiger partial charge in [0.05, 0.1) is 0 Å². The minimum Gasteiger partial charge on any atom is -0.486 e. The zero-order valence-corrected chi connectivity index (χ0v) is 12.0. The molecule has 0 aliphatic carbocycles. The van der Waals surface area contributed by atoms with Crippen molar-refractivity contribution >= 4 is 23.2 Å². The smallest absolute Gasteiger partial charge is 0.255 e. The molecule has 1 N–H and O–H groups in total. The SMILES string of the molecule is O=C(Nc1ccccc1CCl)c1ccc2c(c1)OCCO2. The van der Waals surface area contributed by atoms with E-state index in [1.165, 1.54) is 0 Å². The fourth-order valence-electron chi connectivity index (χ4n) is 2.14. The first-order valence-corrected chi connectivity index (χ1v) is 7.16. The Hall–Kier alpha value is -2.20. The molecule has 2 aromatic rings. The number of ether oxygens (including phenoxy) is 2. The van der Waals surface area contributed by atoms with Crippen LogP contribution in [0.2, 0.25) is 0 Å². The van der Waals surface area contributed by atoms with Crippen molar-refractivity contribution < 1.29 is 14.3 Å². The van der Waals surface area contributed by atoms with E-state index < -0.39 is 0 Å². The van der Waals surface area contributed by atoms with Gasteiger partial charge in [0.1, 0.15) is 13.2 Å². The van der Waals surface area contributed by atoms with Gasteiger partial charge in [-0.1, -0.05) is 18.2 Å². The van der Waals surface area contributed by atoms with E-state index in [0.717, 1.165) is 5.56 Å². The number of para-hydroxylation sites is 1. The van der Waals surface area contributed by atoms with Crippen LogP contribution < -0.4 is 14.8 Å². The van der Waals surface area contributed by atoms with Gasteiger partial charge in [-0.15, -0.1) is 11.6 Å². The number of halogens is 1. The van der Waals surface area contributed by atoms with E-state index in [1.54, 1.807) is 18.2 Å². The summed E-state index contributed by atoms with van der Waals surface area (Å²) in [7, 11) is 0. The predicted molar refractivity (Wildman–Crippen MR) is 81.4 cm³/mol. The maximum absolute atomic E-state index is 12.3. The Balaban J connectivity index is 1.82. The molecule has 1 aliphatic heterocycles. The molecule has 0 saturated heterocycles. The molecule has 0 saturated carbocycles. The minimum absolute atomic E-state index is 0.204. The van der Waals surface area contributed by atoms with Crippen molar-refractivity contribution in [2.75, 3.05) is 18.5 Å². The van der Waals surface area contributed by atoms with Crippen molar-refractivity contribution in [1.82, 2.24) is 0 Å². The number of anilines is 1. The second-order valence-corrected chi connectivity index (χ2v) is 4.87. The summed E-state index contributed by atoms with van der Waals surface area (Å²) in [6, 6.07) is 12.6. The predicted octanol–water partition coefficient (Wildman–Crippen LogP) is 3.45. The zero-order valence-electron chi connectivity index (χ0n) is 11.3. The molecule has 4 nitrogen and oxygen atoms in total. The van der Waals surface area contributed by atoms with E-state index in [-0.39, 0.29) is 5.91 Å². The molecule has 108 valence electrons. The largest absolute Gasteiger partial charge is 0.486 e. The number of alkyl halides is 1. The lowest BCUT2D eigenvalue weighted by Crippen LogP contribution is -2.17. The Labute approximate surface area is 127 Å². The summed E-state index contributed by atoms with van der Waals surface area (Å²) in [5, 5.41) is 2.86. The van der Waals surface area contributed by atoms with Crippen LogP contribution in [-0.4, -0.2) is 19.1 Å². The quantitative estimate of drug-likeness (QED) is 0.884. The van der Waals surface area contributed by atoms with Gasteiger partial charge in [0.25, 0.3) is 5.91 Å². The normalized spacial score (nSPS) is 12.8. The summed E-state index contributed by atoms with van der Waals surface area (Å²) >= 11 is 5.87. The molecule has 0 bridgehead atoms. The first-order valence-electron chi connectivity index (χ1n) is 6.63. The van der Waals surface area contributed by atoms with Gasteiger partial charge >= 0.3 is 0 Å². The van der Waals surface area contributed by atoms with Crippen LogP contribution in [0.3, 0.4) is 0 Å². The monoisotopic (exact) mass is 303 g/mol. The molecule has 0 aromatic heterocycles. The molecule has 1 amide bonds. The molecule has 0 spiro atoms. The molecular weight excluding hydrogens is 290 g/mol. The van der Waals surface area contributed by atoms with Gasteiger partial charge in [0.15, 0.2) is 11.5 Å². The van der Waals surface area contributed by atoms with Crippen LogP contribution in [0.25, 0.3) is 0 Å². The summed E-state index contributed by atoms with van der Waals surface area (Å²) in [6.45, 7) is 1.02. The van der Waals surface area contributed by atoms with Crippen LogP contribution >= 0.6 is 11.6 Å². The maximum Gasteiger partial charge on any atom is 0.255 e. The Morgan fingerprint density at radius 3 is 2.67 bits per heavy atom. The number of hydrogen-bond acceptors (Lipinski definition) is 3. The molecule has 5 heteroatoms. The van der Waals surface area contributed by atoms with Crippen molar-refractivity contribution in [2.45, 2.75) is 5.88 Å². The third-order valence-corrected chi connectivity index (χ3v) is 3.50. The van der Waals surface area contributed by atoms with Crippen molar-refractivity contribution in [1.29, 1.82) is 0 Å². The molecular formula is C16H14ClNO3. The summed E-state index contributed by atoms with van der Waals surface area (Å²) in [5.74, 6) is 1.40. The van der Waals surface area contributed by atoms with Crippen LogP contribution in [0.4, 0.5) is 5.69 Å². The summed E-state index contributed by atoms with van der Waals surface area (Å²) in [4.78, 5) is 12.3. The van der Waals surface area contributed by atoms with E-state index >= 15 is 0 Å². The number of rotatable bonds is 3. The lowest BCUT2D eigenvalue weighted by Gasteiger charge is -2.18. The van der Waals surface area contributed by atoms with Crippen LogP contribution in [0.15, 0.2) is 42.5 Å². The van der Waals surface area contributed by atoms with Gasteiger partial charge < -0.3 is 14.8 Å². The van der Waals surface area contributed by atoms with Crippen molar-refractivity contribution in [3.05, 3.63) is 53.6 Å². The van der Waals surface area contributed by atoms with Crippen molar-refractivity contribution in [2.24, 2.45) is 0 Å². The summed E-state index contributed by atoms with van der Waals surface area (Å²) < 4.78 is 10.9. The highest BCUT2D eigenvalue weighted by Gasteiger charge is 2.15. The van der Waals surface area contributed by atoms with Gasteiger partial charge in [0.2, 0.25) is 0 Å². The number of fused-ring (bicyclic) bond motifs is 1. The van der Waals surface area contributed by atoms with Crippen LogP contribution in [0.1, 0.15) is 15.9 Å². The van der Waals surface area contributed by atoms with Crippen LogP contribution in [0, 0.1) is 0 Å². The second kappa shape index (κ2) is 6.06. The van der Waals surface area contributed by atoms with Gasteiger partial charge in [0, 0.05) is 17.1 Å². The van der Waals surface area contributed by atoms with Gasteiger partial charge in [-0.05, 0) is 29.8 Å². The van der Waals surface area contributed by atoms with Gasteiger partial charge in [-0.2, -0.15) is 0 Å². The molecule has 0 fully saturated rings. The molecule has 3 rings (SSSR count). The van der Waals surface area contributed by atoms with Crippen molar-refractivity contribution in [3.63, 3.8) is 0 Å². The first-order chi connectivity index (χ1) is 10.3. The maximum atomic E-state index is 12.3. The molecule has 1 aliphatic rings. The topological polar surface area (TPSA) is 47.6 Å². The Bertz CT molecular complexity index is 672. The molecule has 0 atom stereocenters. The molecule has 1 heterocycles. The highest BCUT2D eigenvalue weighted by Crippen LogP contribution is 2.31. The van der Waals surface area contributed by atoms with Crippen LogP contribution in [0.5, 0.6) is 11.5 Å². The van der Waals surface area contributed by atoms with Gasteiger partial charge in [-0.25, -0.2) is 0 Å². The fourth-order valence-corrected chi connectivity index (χ4v) is 2.37. The molecule has 0 unspecified atom stereocenters. The van der Waals surface area contributed by atoms with E-state index in [1.807, 2.05) is 24.3 Å². The van der Waals surface area contributed by atoms with Crippen LogP contribution in [-0.2, 0) is 5.88 Å². The second-order valence-electron chi connectivity index (χ2n) is 4.60. The fraction of sp³-hybridized carbons (Fsp3) is 0.188. The lowest BCUT2D eigenvalue weighted by molar-refractivity contribution is 0.102. The summed E-state index contributed by atoms with van der Waals surface area (Å²) in [6.07, 6.45) is 0. The average Bonchev–Trinajstić information content (AvgIpc) is 2.55. The Kier molecular flexibility index (Phi) is 3.97. The molecule has 21 heavy (non-hydrogen) atoms. The minimum atomic E-state index is -0.204. The number of amides is 1. The Morgan fingerprint density at radius 2 is 1.86 bits per heavy atom. The van der Waals surface area contributed by atoms with E-state index in [4.69, 9.17) is 21.1 Å². The van der Waals surface area contributed by atoms with E-state index in [2.05, 4.69) is 5.32 Å². The number of carbonyl (C=O) groups is 1. The van der Waals surface area contributed by atoms with E-state index in [9.17, 15) is 4.79 Å². The Morgan fingerprint density at radius 1 is 1.10 bits per heavy atom. The van der Waals surface area contributed by atoms with E-state index in [0.29, 0.717) is 41.8 Å². The first kappa shape index (κ1) is 13.8. The number of carbonyl (C=O) groups excluding carboxylic acids is 1. The zero-order chi connectivity index (χ0) is 14.7. The average molecular weight is 304 g/mol. The standard InChI is InChI=1S/C16H14ClNO3/c17-10-12-3-1-2-4-13(12)18-16(19)11-5-6-14-15(9-11)21-8-7-20-14/h1-6,9H,7-8,10H2,(H,18,19). The number of benzene rings is 2. The number of hydrogen-bond donors (Lipinski definition) is 1. The third kappa shape index (κ3) is 2.95. The molecule has 2 aromatic carbocycles. The molecule has 0 radical (unpaired) electrons. The highest BCUT2D eigenvalue weighted by atomic mass is 35.5. The highest BCUT2D eigenvalue weighted by molar-refractivity contribution is 6.17. The van der Waals surface area contributed by atoms with Gasteiger partial charge in [-0.3, -0.25) is 4.79 Å². The number of nitrogens with one attached hydrogen (secondary N) is 1.